The van der Waals surface area contributed by atoms with Gasteiger partial charge in [-0.3, -0.25) is 0 Å². The summed E-state index contributed by atoms with van der Waals surface area (Å²) in [5.41, 5.74) is 1.36. The van der Waals surface area contributed by atoms with Crippen molar-refractivity contribution < 1.29 is 66.7 Å². The lowest BCUT2D eigenvalue weighted by Gasteiger charge is -2.11. The maximum Gasteiger partial charge on any atom is 0.513 e. The second-order valence-electron chi connectivity index (χ2n) is 10.8. The first-order valence-electron chi connectivity index (χ1n) is 16.0. The Hall–Kier alpha value is -6.44. The van der Waals surface area contributed by atoms with Gasteiger partial charge in [-0.05, 0) is 111 Å². The number of carbonyl (C=O) groups excluding carboxylic acids is 6. The van der Waals surface area contributed by atoms with E-state index in [1.807, 2.05) is 0 Å². The number of hydrogen-bond donors (Lipinski definition) is 0. The van der Waals surface area contributed by atoms with Crippen molar-refractivity contribution in [2.24, 2.45) is 0 Å². The highest BCUT2D eigenvalue weighted by molar-refractivity contribution is 5.92. The zero-order chi connectivity index (χ0) is 37.9. The first-order chi connectivity index (χ1) is 25.0. The first-order valence-corrected chi connectivity index (χ1v) is 16.0. The van der Waals surface area contributed by atoms with E-state index >= 15 is 0 Å². The predicted molar refractivity (Wildman–Crippen MR) is 183 cm³/mol. The van der Waals surface area contributed by atoms with E-state index in [-0.39, 0.29) is 60.6 Å². The molecule has 0 heterocycles. The highest BCUT2D eigenvalue weighted by atomic mass is 16.7. The van der Waals surface area contributed by atoms with E-state index in [1.165, 1.54) is 60.7 Å². The minimum atomic E-state index is -0.920. The van der Waals surface area contributed by atoms with Crippen LogP contribution in [0.1, 0.15) is 57.5 Å². The van der Waals surface area contributed by atoms with Gasteiger partial charge in [-0.15, -0.1) is 0 Å². The van der Waals surface area contributed by atoms with Crippen molar-refractivity contribution in [1.29, 1.82) is 0 Å². The van der Waals surface area contributed by atoms with E-state index in [4.69, 9.17) is 37.9 Å². The summed E-state index contributed by atoms with van der Waals surface area (Å²) in [5.74, 6) is -1.63. The van der Waals surface area contributed by atoms with Crippen LogP contribution in [0.5, 0.6) is 23.0 Å². The molecule has 0 aromatic heterocycles. The molecule has 274 valence electrons. The minimum Gasteiger partial charge on any atom is -0.463 e. The molecular formula is C38H38O14. The Labute approximate surface area is 299 Å². The fourth-order valence-corrected chi connectivity index (χ4v) is 4.11. The Morgan fingerprint density at radius 1 is 0.500 bits per heavy atom. The molecule has 0 aliphatic rings. The summed E-state index contributed by atoms with van der Waals surface area (Å²) in [6.07, 6.45) is 2.19. The maximum atomic E-state index is 12.7. The molecule has 0 aliphatic heterocycles. The van der Waals surface area contributed by atoms with Gasteiger partial charge in [0, 0.05) is 12.2 Å². The Morgan fingerprint density at radius 2 is 0.846 bits per heavy atom. The molecule has 0 unspecified atom stereocenters. The van der Waals surface area contributed by atoms with Gasteiger partial charge in [0.05, 0.1) is 37.6 Å². The van der Waals surface area contributed by atoms with Crippen LogP contribution in [0.3, 0.4) is 0 Å². The van der Waals surface area contributed by atoms with Crippen LogP contribution in [0, 0.1) is 13.8 Å². The van der Waals surface area contributed by atoms with E-state index < -0.39 is 36.2 Å². The maximum absolute atomic E-state index is 12.7. The standard InChI is InChI=1S/C38H38O14/c1-5-33(39)45-19-7-9-21-47-37(43)51-31-17-11-27(23-25(31)3)35(41)49-29-13-15-30(16-14-29)50-36(42)28-12-18-32(26(4)24-28)52-38(44)48-22-10-8-20-46-34(40)6-2/h5-6,11-18,23-24H,1-2,7-10,19-22H2,3-4H3. The first kappa shape index (κ1) is 40.0. The van der Waals surface area contributed by atoms with Crippen LogP contribution in [0.15, 0.2) is 86.0 Å². The molecule has 0 N–H and O–H groups in total. The summed E-state index contributed by atoms with van der Waals surface area (Å²) in [5, 5.41) is 0. The average Bonchev–Trinajstić information content (AvgIpc) is 3.13. The van der Waals surface area contributed by atoms with Crippen molar-refractivity contribution >= 4 is 36.2 Å². The summed E-state index contributed by atoms with van der Waals surface area (Å²) in [7, 11) is 0. The van der Waals surface area contributed by atoms with Crippen molar-refractivity contribution in [3.8, 4) is 23.0 Å². The number of carbonyl (C=O) groups is 6. The van der Waals surface area contributed by atoms with Gasteiger partial charge in [0.1, 0.15) is 23.0 Å². The highest BCUT2D eigenvalue weighted by Crippen LogP contribution is 2.24. The Balaban J connectivity index is 1.42. The van der Waals surface area contributed by atoms with Gasteiger partial charge in [-0.1, -0.05) is 13.2 Å². The molecule has 0 atom stereocenters. The normalized spacial score (nSPS) is 10.2. The van der Waals surface area contributed by atoms with Crippen LogP contribution in [-0.2, 0) is 28.5 Å². The van der Waals surface area contributed by atoms with E-state index in [1.54, 1.807) is 13.8 Å². The third kappa shape index (κ3) is 13.8. The molecule has 14 nitrogen and oxygen atoms in total. The summed E-state index contributed by atoms with van der Waals surface area (Å²) in [4.78, 5) is 71.5. The number of esters is 4. The number of hydrogen-bond acceptors (Lipinski definition) is 14. The van der Waals surface area contributed by atoms with E-state index in [0.717, 1.165) is 12.2 Å². The van der Waals surface area contributed by atoms with Crippen LogP contribution in [0.4, 0.5) is 9.59 Å². The average molecular weight is 719 g/mol. The van der Waals surface area contributed by atoms with Crippen molar-refractivity contribution in [1.82, 2.24) is 0 Å². The summed E-state index contributed by atoms with van der Waals surface area (Å²) in [6.45, 7) is 10.4. The molecule has 52 heavy (non-hydrogen) atoms. The van der Waals surface area contributed by atoms with Crippen LogP contribution in [0.2, 0.25) is 0 Å². The van der Waals surface area contributed by atoms with Crippen molar-refractivity contribution in [2.45, 2.75) is 39.5 Å². The van der Waals surface area contributed by atoms with Gasteiger partial charge in [0.25, 0.3) is 0 Å². The van der Waals surface area contributed by atoms with Crippen molar-refractivity contribution in [3.63, 3.8) is 0 Å². The van der Waals surface area contributed by atoms with E-state index in [0.29, 0.717) is 36.8 Å². The third-order valence-electron chi connectivity index (χ3n) is 6.79. The fraction of sp³-hybridized carbons (Fsp3) is 0.263. The summed E-state index contributed by atoms with van der Waals surface area (Å²) in [6, 6.07) is 14.5. The van der Waals surface area contributed by atoms with Gasteiger partial charge in [0.2, 0.25) is 0 Å². The monoisotopic (exact) mass is 718 g/mol. The molecule has 0 bridgehead atoms. The predicted octanol–water partition coefficient (Wildman–Crippen LogP) is 6.79. The molecule has 0 saturated carbocycles. The van der Waals surface area contributed by atoms with Gasteiger partial charge < -0.3 is 37.9 Å². The largest absolute Gasteiger partial charge is 0.513 e. The fourth-order valence-electron chi connectivity index (χ4n) is 4.11. The second kappa shape index (κ2) is 20.9. The Kier molecular flexibility index (Phi) is 16.1. The summed E-state index contributed by atoms with van der Waals surface area (Å²) < 4.78 is 41.0. The lowest BCUT2D eigenvalue weighted by atomic mass is 10.1. The highest BCUT2D eigenvalue weighted by Gasteiger charge is 2.16. The molecule has 0 aliphatic carbocycles. The molecule has 3 rings (SSSR count). The van der Waals surface area contributed by atoms with Gasteiger partial charge >= 0.3 is 36.2 Å². The van der Waals surface area contributed by atoms with Crippen LogP contribution in [-0.4, -0.2) is 62.6 Å². The minimum absolute atomic E-state index is 0.0659. The summed E-state index contributed by atoms with van der Waals surface area (Å²) >= 11 is 0. The molecule has 0 radical (unpaired) electrons. The molecule has 0 fully saturated rings. The molecule has 0 amide bonds. The number of aryl methyl sites for hydroxylation is 2. The number of benzene rings is 3. The molecule has 0 saturated heterocycles. The van der Waals surface area contributed by atoms with Crippen LogP contribution < -0.4 is 18.9 Å². The quantitative estimate of drug-likeness (QED) is 0.0335. The van der Waals surface area contributed by atoms with Crippen LogP contribution in [0.25, 0.3) is 0 Å². The Bertz CT molecular complexity index is 1630. The van der Waals surface area contributed by atoms with Gasteiger partial charge in [0.15, 0.2) is 0 Å². The molecule has 0 spiro atoms. The third-order valence-corrected chi connectivity index (χ3v) is 6.79. The smallest absolute Gasteiger partial charge is 0.463 e. The second-order valence-corrected chi connectivity index (χ2v) is 10.8. The van der Waals surface area contributed by atoms with E-state index in [2.05, 4.69) is 13.2 Å². The zero-order valence-electron chi connectivity index (χ0n) is 28.7. The lowest BCUT2D eigenvalue weighted by molar-refractivity contribution is -0.138. The topological polar surface area (TPSA) is 176 Å². The van der Waals surface area contributed by atoms with Gasteiger partial charge in [-0.25, -0.2) is 28.8 Å². The van der Waals surface area contributed by atoms with Crippen molar-refractivity contribution in [2.75, 3.05) is 26.4 Å². The number of rotatable bonds is 18. The van der Waals surface area contributed by atoms with E-state index in [9.17, 15) is 28.8 Å². The van der Waals surface area contributed by atoms with Gasteiger partial charge in [-0.2, -0.15) is 0 Å². The zero-order valence-corrected chi connectivity index (χ0v) is 28.7. The Morgan fingerprint density at radius 3 is 1.17 bits per heavy atom. The van der Waals surface area contributed by atoms with Crippen molar-refractivity contribution in [3.05, 3.63) is 108 Å². The number of unbranched alkanes of at least 4 members (excludes halogenated alkanes) is 2. The molecular weight excluding hydrogens is 680 g/mol. The number of ether oxygens (including phenoxy) is 8. The SMILES string of the molecule is C=CC(=O)OCCCCOC(=O)Oc1ccc(C(=O)Oc2ccc(OC(=O)c3ccc(OC(=O)OCCCCOC(=O)C=C)c(C)c3)cc2)cc1C. The molecule has 3 aromatic rings. The molecule has 14 heteroatoms. The van der Waals surface area contributed by atoms with Crippen LogP contribution >= 0.6 is 0 Å². The lowest BCUT2D eigenvalue weighted by Crippen LogP contribution is -2.14. The molecule has 3 aromatic carbocycles.